The summed E-state index contributed by atoms with van der Waals surface area (Å²) in [5.41, 5.74) is -0.723. The highest BCUT2D eigenvalue weighted by Crippen LogP contribution is 2.50. The molecule has 0 aromatic rings. The van der Waals surface area contributed by atoms with Crippen molar-refractivity contribution in [1.82, 2.24) is 0 Å². The first-order valence-corrected chi connectivity index (χ1v) is 4.56. The highest BCUT2D eigenvalue weighted by molar-refractivity contribution is 5.93. The highest BCUT2D eigenvalue weighted by atomic mass is 19.4. The van der Waals surface area contributed by atoms with Gasteiger partial charge in [0.1, 0.15) is 6.10 Å². The first kappa shape index (κ1) is 8.32. The van der Waals surface area contributed by atoms with Crippen LogP contribution >= 0.6 is 0 Å². The van der Waals surface area contributed by atoms with Crippen LogP contribution in [0.5, 0.6) is 0 Å². The summed E-state index contributed by atoms with van der Waals surface area (Å²) in [5.74, 6) is -0.438. The molecule has 0 radical (unpaired) electrons. The van der Waals surface area contributed by atoms with Crippen LogP contribution in [0, 0.1) is 17.8 Å². The zero-order valence-corrected chi connectivity index (χ0v) is 7.16. The number of hydrogen-bond acceptors (Lipinski definition) is 2. The first-order chi connectivity index (χ1) is 6.57. The van der Waals surface area contributed by atoms with Gasteiger partial charge in [0.15, 0.2) is 5.71 Å². The van der Waals surface area contributed by atoms with E-state index in [9.17, 15) is 13.2 Å². The van der Waals surface area contributed by atoms with Crippen molar-refractivity contribution in [3.63, 3.8) is 0 Å². The van der Waals surface area contributed by atoms with Gasteiger partial charge >= 0.3 is 6.18 Å². The fourth-order valence-electron chi connectivity index (χ4n) is 2.70. The number of hydrogen-bond donors (Lipinski definition) is 0. The van der Waals surface area contributed by atoms with E-state index in [1.165, 1.54) is 0 Å². The number of alkyl halides is 3. The van der Waals surface area contributed by atoms with Crippen LogP contribution in [-0.2, 0) is 4.84 Å². The van der Waals surface area contributed by atoms with Crippen molar-refractivity contribution in [1.29, 1.82) is 0 Å². The average Bonchev–Trinajstić information content (AvgIpc) is 2.74. The van der Waals surface area contributed by atoms with E-state index in [0.29, 0.717) is 0 Å². The third kappa shape index (κ3) is 0.898. The summed E-state index contributed by atoms with van der Waals surface area (Å²) in [4.78, 5) is 4.87. The molecule has 1 heterocycles. The summed E-state index contributed by atoms with van der Waals surface area (Å²) in [6.07, 6.45) is -0.105. The fraction of sp³-hybridized carbons (Fsp3) is 0.667. The number of oxime groups is 1. The van der Waals surface area contributed by atoms with Crippen LogP contribution in [0.3, 0.4) is 0 Å². The van der Waals surface area contributed by atoms with Crippen molar-refractivity contribution < 1.29 is 18.0 Å². The lowest BCUT2D eigenvalue weighted by Gasteiger charge is -2.19. The highest BCUT2D eigenvalue weighted by Gasteiger charge is 2.58. The molecule has 14 heavy (non-hydrogen) atoms. The molecular weight excluding hydrogens is 195 g/mol. The summed E-state index contributed by atoms with van der Waals surface area (Å²) in [6.45, 7) is 0. The molecule has 5 heteroatoms. The minimum Gasteiger partial charge on any atom is -0.391 e. The van der Waals surface area contributed by atoms with Crippen molar-refractivity contribution in [3.8, 4) is 0 Å². The third-order valence-electron chi connectivity index (χ3n) is 3.27. The molecule has 4 atom stereocenters. The van der Waals surface area contributed by atoms with Gasteiger partial charge in [0.05, 0.1) is 5.92 Å². The van der Waals surface area contributed by atoms with E-state index in [-0.39, 0.29) is 17.9 Å². The zero-order valence-electron chi connectivity index (χ0n) is 7.16. The summed E-state index contributed by atoms with van der Waals surface area (Å²) in [6, 6.07) is 0. The number of allylic oxidation sites excluding steroid dienone is 1. The summed E-state index contributed by atoms with van der Waals surface area (Å²) in [7, 11) is 0. The van der Waals surface area contributed by atoms with Gasteiger partial charge in [0.2, 0.25) is 0 Å². The molecule has 0 amide bonds. The predicted molar refractivity (Wildman–Crippen MR) is 42.6 cm³/mol. The number of rotatable bonds is 0. The van der Waals surface area contributed by atoms with Crippen molar-refractivity contribution in [2.45, 2.75) is 18.7 Å². The number of halogens is 3. The topological polar surface area (TPSA) is 21.6 Å². The van der Waals surface area contributed by atoms with Gasteiger partial charge in [-0.15, -0.1) is 0 Å². The van der Waals surface area contributed by atoms with Crippen LogP contribution in [0.25, 0.3) is 0 Å². The van der Waals surface area contributed by atoms with E-state index < -0.39 is 17.8 Å². The molecule has 0 aromatic carbocycles. The number of nitrogens with zero attached hydrogens (tertiary/aromatic N) is 1. The maximum Gasteiger partial charge on any atom is 0.433 e. The van der Waals surface area contributed by atoms with E-state index in [0.717, 1.165) is 6.42 Å². The lowest BCUT2D eigenvalue weighted by molar-refractivity contribution is -0.0628. The molecule has 0 spiro atoms. The van der Waals surface area contributed by atoms with E-state index in [1.807, 2.05) is 12.2 Å². The van der Waals surface area contributed by atoms with Crippen LogP contribution < -0.4 is 0 Å². The van der Waals surface area contributed by atoms with Gasteiger partial charge in [0, 0.05) is 5.92 Å². The SMILES string of the molecule is FC(F)(F)C1=NO[C@H]2[C@H]1[C@@H]1C=C[C@H]2C1. The molecule has 2 bridgehead atoms. The van der Waals surface area contributed by atoms with Gasteiger partial charge < -0.3 is 4.84 Å². The Kier molecular flexibility index (Phi) is 1.38. The molecule has 76 valence electrons. The summed E-state index contributed by atoms with van der Waals surface area (Å²) >= 11 is 0. The van der Waals surface area contributed by atoms with Crippen LogP contribution in [0.15, 0.2) is 17.3 Å². The Bertz CT molecular complexity index is 333. The van der Waals surface area contributed by atoms with Crippen LogP contribution in [0.1, 0.15) is 6.42 Å². The van der Waals surface area contributed by atoms with Gasteiger partial charge in [0.25, 0.3) is 0 Å². The van der Waals surface area contributed by atoms with Gasteiger partial charge in [-0.1, -0.05) is 17.3 Å². The van der Waals surface area contributed by atoms with Crippen molar-refractivity contribution >= 4 is 5.71 Å². The molecule has 1 fully saturated rings. The maximum absolute atomic E-state index is 12.5. The third-order valence-corrected chi connectivity index (χ3v) is 3.27. The summed E-state index contributed by atoms with van der Waals surface area (Å²) in [5, 5.41) is 3.18. The smallest absolute Gasteiger partial charge is 0.391 e. The van der Waals surface area contributed by atoms with Gasteiger partial charge in [-0.3, -0.25) is 0 Å². The fourth-order valence-corrected chi connectivity index (χ4v) is 2.70. The zero-order chi connectivity index (χ0) is 9.92. The minimum atomic E-state index is -4.34. The van der Waals surface area contributed by atoms with Crippen molar-refractivity contribution in [2.75, 3.05) is 0 Å². The maximum atomic E-state index is 12.5. The second-order valence-corrected chi connectivity index (χ2v) is 4.02. The Morgan fingerprint density at radius 1 is 1.29 bits per heavy atom. The molecule has 3 rings (SSSR count). The molecule has 0 N–H and O–H groups in total. The standard InChI is InChI=1S/C9H8F3NO/c10-9(11,12)8-6-4-1-2-5(3-4)7(6)14-13-8/h1-2,4-7H,3H2/t4-,5+,6-,7-/m1/s1. The predicted octanol–water partition coefficient (Wildman–Crippen LogP) is 2.13. The Hall–Kier alpha value is -1.00. The summed E-state index contributed by atoms with van der Waals surface area (Å²) < 4.78 is 37.5. The minimum absolute atomic E-state index is 0.0205. The molecule has 2 nitrogen and oxygen atoms in total. The number of fused-ring (bicyclic) bond motifs is 5. The van der Waals surface area contributed by atoms with E-state index in [4.69, 9.17) is 4.84 Å². The Balaban J connectivity index is 1.95. The van der Waals surface area contributed by atoms with Crippen molar-refractivity contribution in [3.05, 3.63) is 12.2 Å². The Morgan fingerprint density at radius 2 is 2.00 bits per heavy atom. The van der Waals surface area contributed by atoms with Gasteiger partial charge in [-0.2, -0.15) is 13.2 Å². The molecular formula is C9H8F3NO. The Labute approximate surface area is 78.4 Å². The lowest BCUT2D eigenvalue weighted by atomic mass is 9.87. The van der Waals surface area contributed by atoms with Crippen molar-refractivity contribution in [2.24, 2.45) is 22.9 Å². The molecule has 1 saturated carbocycles. The van der Waals surface area contributed by atoms with Crippen LogP contribution in [-0.4, -0.2) is 18.0 Å². The molecule has 0 unspecified atom stereocenters. The lowest BCUT2D eigenvalue weighted by Crippen LogP contribution is -2.35. The van der Waals surface area contributed by atoms with E-state index in [1.54, 1.807) is 0 Å². The van der Waals surface area contributed by atoms with E-state index >= 15 is 0 Å². The average molecular weight is 203 g/mol. The van der Waals surface area contributed by atoms with Crippen LogP contribution in [0.4, 0.5) is 13.2 Å². The van der Waals surface area contributed by atoms with Gasteiger partial charge in [-0.25, -0.2) is 0 Å². The van der Waals surface area contributed by atoms with Crippen LogP contribution in [0.2, 0.25) is 0 Å². The second kappa shape index (κ2) is 2.32. The second-order valence-electron chi connectivity index (χ2n) is 4.02. The molecule has 0 aromatic heterocycles. The quantitative estimate of drug-likeness (QED) is 0.552. The largest absolute Gasteiger partial charge is 0.433 e. The van der Waals surface area contributed by atoms with Gasteiger partial charge in [-0.05, 0) is 12.3 Å². The normalized spacial score (nSPS) is 43.8. The molecule has 2 aliphatic carbocycles. The molecule has 3 aliphatic rings. The monoisotopic (exact) mass is 203 g/mol. The molecule has 0 saturated heterocycles. The van der Waals surface area contributed by atoms with E-state index in [2.05, 4.69) is 5.16 Å². The first-order valence-electron chi connectivity index (χ1n) is 4.56. The molecule has 1 aliphatic heterocycles. The Morgan fingerprint density at radius 3 is 2.71 bits per heavy atom.